The molecule has 0 aliphatic carbocycles. The molecule has 0 bridgehead atoms. The van der Waals surface area contributed by atoms with Gasteiger partial charge < -0.3 is 4.74 Å². The van der Waals surface area contributed by atoms with Gasteiger partial charge in [-0.2, -0.15) is 0 Å². The van der Waals surface area contributed by atoms with E-state index in [9.17, 15) is 20.2 Å². The molecule has 7 nitrogen and oxygen atoms in total. The molecule has 0 aromatic heterocycles. The number of rotatable bonds is 6. The van der Waals surface area contributed by atoms with Crippen molar-refractivity contribution in [3.05, 3.63) is 77.8 Å². The van der Waals surface area contributed by atoms with Gasteiger partial charge in [-0.1, -0.05) is 35.3 Å². The van der Waals surface area contributed by atoms with Crippen molar-refractivity contribution in [2.24, 2.45) is 0 Å². The molecular formula is C14H10Cl2N2O5. The Morgan fingerprint density at radius 2 is 1.22 bits per heavy atom. The number of nitrogens with zero attached hydrogens (tertiary/aromatic N) is 2. The monoisotopic (exact) mass is 356 g/mol. The summed E-state index contributed by atoms with van der Waals surface area (Å²) in [6.07, 6.45) is 0. The van der Waals surface area contributed by atoms with Crippen LogP contribution < -0.4 is 0 Å². The number of benzene rings is 2. The lowest BCUT2D eigenvalue weighted by molar-refractivity contribution is -0.386. The maximum Gasteiger partial charge on any atom is 0.276 e. The van der Waals surface area contributed by atoms with Crippen LogP contribution in [0.1, 0.15) is 11.1 Å². The summed E-state index contributed by atoms with van der Waals surface area (Å²) in [6, 6.07) is 8.55. The molecule has 0 saturated heterocycles. The van der Waals surface area contributed by atoms with E-state index >= 15 is 0 Å². The van der Waals surface area contributed by atoms with Gasteiger partial charge in [0.05, 0.1) is 44.2 Å². The van der Waals surface area contributed by atoms with Gasteiger partial charge in [-0.3, -0.25) is 20.2 Å². The molecule has 0 amide bonds. The maximum absolute atomic E-state index is 11.0. The lowest BCUT2D eigenvalue weighted by Gasteiger charge is -2.08. The minimum Gasteiger partial charge on any atom is -0.371 e. The van der Waals surface area contributed by atoms with Crippen molar-refractivity contribution in [3.8, 4) is 0 Å². The predicted molar refractivity (Wildman–Crippen MR) is 84.7 cm³/mol. The topological polar surface area (TPSA) is 95.5 Å². The van der Waals surface area contributed by atoms with Gasteiger partial charge >= 0.3 is 0 Å². The van der Waals surface area contributed by atoms with Crippen LogP contribution in [-0.2, 0) is 18.0 Å². The van der Waals surface area contributed by atoms with Gasteiger partial charge in [-0.25, -0.2) is 0 Å². The Hall–Kier alpha value is -2.22. The highest BCUT2D eigenvalue weighted by molar-refractivity contribution is 6.32. The SMILES string of the molecule is O=[N+]([O-])c1cccc(Cl)c1COCc1c(Cl)cccc1[N+](=O)[O-]. The minimum atomic E-state index is -0.567. The molecule has 2 aromatic carbocycles. The Morgan fingerprint density at radius 3 is 1.57 bits per heavy atom. The zero-order valence-electron chi connectivity index (χ0n) is 11.6. The minimum absolute atomic E-state index is 0.168. The summed E-state index contributed by atoms with van der Waals surface area (Å²) in [5.41, 5.74) is 0.0556. The molecule has 0 spiro atoms. The fourth-order valence-electron chi connectivity index (χ4n) is 1.98. The van der Waals surface area contributed by atoms with Crippen molar-refractivity contribution in [2.45, 2.75) is 13.2 Å². The van der Waals surface area contributed by atoms with E-state index in [0.29, 0.717) is 0 Å². The Morgan fingerprint density at radius 1 is 0.826 bits per heavy atom. The molecule has 2 rings (SSSR count). The maximum atomic E-state index is 11.0. The second-order valence-electron chi connectivity index (χ2n) is 4.48. The quantitative estimate of drug-likeness (QED) is 0.559. The van der Waals surface area contributed by atoms with Crippen LogP contribution in [0.25, 0.3) is 0 Å². The second-order valence-corrected chi connectivity index (χ2v) is 5.30. The summed E-state index contributed by atoms with van der Waals surface area (Å²) in [7, 11) is 0. The van der Waals surface area contributed by atoms with Crippen molar-refractivity contribution >= 4 is 34.6 Å². The van der Waals surface area contributed by atoms with Crippen LogP contribution in [0.3, 0.4) is 0 Å². The third-order valence-corrected chi connectivity index (χ3v) is 3.78. The molecule has 0 heterocycles. The molecule has 0 fully saturated rings. The Bertz CT molecular complexity index is 703. The summed E-state index contributed by atoms with van der Waals surface area (Å²) in [5, 5.41) is 22.3. The first-order chi connectivity index (χ1) is 10.9. The zero-order chi connectivity index (χ0) is 17.0. The largest absolute Gasteiger partial charge is 0.371 e. The van der Waals surface area contributed by atoms with Crippen molar-refractivity contribution in [1.82, 2.24) is 0 Å². The number of ether oxygens (including phenoxy) is 1. The van der Waals surface area contributed by atoms with Gasteiger partial charge in [0.25, 0.3) is 11.4 Å². The molecule has 120 valence electrons. The molecule has 0 aliphatic heterocycles. The number of nitro benzene ring substituents is 2. The van der Waals surface area contributed by atoms with E-state index in [4.69, 9.17) is 27.9 Å². The van der Waals surface area contributed by atoms with Crippen molar-refractivity contribution in [3.63, 3.8) is 0 Å². The molecule has 2 aromatic rings. The lowest BCUT2D eigenvalue weighted by atomic mass is 10.2. The summed E-state index contributed by atoms with van der Waals surface area (Å²) >= 11 is 11.9. The van der Waals surface area contributed by atoms with E-state index in [1.165, 1.54) is 36.4 Å². The van der Waals surface area contributed by atoms with E-state index in [2.05, 4.69) is 0 Å². The normalized spacial score (nSPS) is 10.5. The lowest BCUT2D eigenvalue weighted by Crippen LogP contribution is -2.02. The average molecular weight is 357 g/mol. The van der Waals surface area contributed by atoms with Crippen LogP contribution in [-0.4, -0.2) is 9.85 Å². The highest BCUT2D eigenvalue weighted by atomic mass is 35.5. The van der Waals surface area contributed by atoms with Crippen LogP contribution in [0.2, 0.25) is 10.0 Å². The molecule has 9 heteroatoms. The van der Waals surface area contributed by atoms with Gasteiger partial charge in [0.2, 0.25) is 0 Å². The molecule has 0 N–H and O–H groups in total. The summed E-state index contributed by atoms with van der Waals surface area (Å²) in [6.45, 7) is -0.337. The standard InChI is InChI=1S/C14H10Cl2N2O5/c15-11-3-1-5-13(17(19)20)9(11)7-23-8-10-12(16)4-2-6-14(10)18(21)22/h1-6H,7-8H2. The Labute approximate surface area is 140 Å². The van der Waals surface area contributed by atoms with Gasteiger partial charge in [0.15, 0.2) is 0 Å². The van der Waals surface area contributed by atoms with E-state index in [0.717, 1.165) is 0 Å². The van der Waals surface area contributed by atoms with E-state index in [1.54, 1.807) is 0 Å². The molecule has 23 heavy (non-hydrogen) atoms. The summed E-state index contributed by atoms with van der Waals surface area (Å²) in [4.78, 5) is 20.8. The van der Waals surface area contributed by atoms with Gasteiger partial charge in [-0.05, 0) is 12.1 Å². The van der Waals surface area contributed by atoms with Crippen molar-refractivity contribution < 1.29 is 14.6 Å². The third-order valence-electron chi connectivity index (χ3n) is 3.07. The Balaban J connectivity index is 2.19. The van der Waals surface area contributed by atoms with Gasteiger partial charge in [-0.15, -0.1) is 0 Å². The predicted octanol–water partition coefficient (Wildman–Crippen LogP) is 4.53. The van der Waals surface area contributed by atoms with Crippen LogP contribution in [0, 0.1) is 20.2 Å². The van der Waals surface area contributed by atoms with Crippen LogP contribution in [0.5, 0.6) is 0 Å². The number of hydrogen-bond acceptors (Lipinski definition) is 5. The first-order valence-electron chi connectivity index (χ1n) is 6.33. The number of hydrogen-bond donors (Lipinski definition) is 0. The van der Waals surface area contributed by atoms with Gasteiger partial charge in [0.1, 0.15) is 0 Å². The average Bonchev–Trinajstić information content (AvgIpc) is 2.49. The smallest absolute Gasteiger partial charge is 0.276 e. The molecule has 0 unspecified atom stereocenters. The van der Waals surface area contributed by atoms with Gasteiger partial charge in [0, 0.05) is 12.1 Å². The van der Waals surface area contributed by atoms with Crippen LogP contribution in [0.15, 0.2) is 36.4 Å². The fourth-order valence-corrected chi connectivity index (χ4v) is 2.43. The highest BCUT2D eigenvalue weighted by Crippen LogP contribution is 2.30. The van der Waals surface area contributed by atoms with E-state index < -0.39 is 9.85 Å². The zero-order valence-corrected chi connectivity index (χ0v) is 13.1. The second kappa shape index (κ2) is 7.36. The van der Waals surface area contributed by atoms with Crippen LogP contribution >= 0.6 is 23.2 Å². The first-order valence-corrected chi connectivity index (χ1v) is 7.08. The number of halogens is 2. The van der Waals surface area contributed by atoms with Crippen molar-refractivity contribution in [1.29, 1.82) is 0 Å². The van der Waals surface area contributed by atoms with E-state index in [-0.39, 0.29) is 45.8 Å². The van der Waals surface area contributed by atoms with E-state index in [1.807, 2.05) is 0 Å². The van der Waals surface area contributed by atoms with Crippen molar-refractivity contribution in [2.75, 3.05) is 0 Å². The third kappa shape index (κ3) is 3.95. The first kappa shape index (κ1) is 17.1. The molecule has 0 atom stereocenters. The Kier molecular flexibility index (Phi) is 5.49. The summed E-state index contributed by atoms with van der Waals surface area (Å²) < 4.78 is 5.37. The fraction of sp³-hybridized carbons (Fsp3) is 0.143. The molecule has 0 radical (unpaired) electrons. The molecular weight excluding hydrogens is 347 g/mol. The summed E-state index contributed by atoms with van der Waals surface area (Å²) in [5.74, 6) is 0. The molecule has 0 saturated carbocycles. The molecule has 0 aliphatic rings. The van der Waals surface area contributed by atoms with Crippen LogP contribution in [0.4, 0.5) is 11.4 Å². The highest BCUT2D eigenvalue weighted by Gasteiger charge is 2.19. The number of nitro groups is 2.